The van der Waals surface area contributed by atoms with Gasteiger partial charge >= 0.3 is 6.04 Å². The highest BCUT2D eigenvalue weighted by Crippen LogP contribution is 2.10. The minimum absolute atomic E-state index is 0.455. The number of fused-ring (bicyclic) bond motifs is 1. The monoisotopic (exact) mass is 191 g/mol. The van der Waals surface area contributed by atoms with Gasteiger partial charge in [0.15, 0.2) is 0 Å². The first-order valence-corrected chi connectivity index (χ1v) is 4.00. The third kappa shape index (κ3) is 1.31. The van der Waals surface area contributed by atoms with Crippen molar-refractivity contribution >= 4 is 16.9 Å². The van der Waals surface area contributed by atoms with Gasteiger partial charge in [-0.05, 0) is 17.5 Å². The Morgan fingerprint density at radius 3 is 2.71 bits per heavy atom. The fraction of sp³-hybridized carbons (Fsp3) is 0. The molecule has 0 saturated heterocycles. The van der Waals surface area contributed by atoms with Crippen LogP contribution >= 0.6 is 0 Å². The van der Waals surface area contributed by atoms with E-state index < -0.39 is 17.2 Å². The van der Waals surface area contributed by atoms with Gasteiger partial charge in [0.05, 0.1) is 0 Å². The fourth-order valence-corrected chi connectivity index (χ4v) is 1.29. The molecule has 1 N–H and O–H groups in total. The van der Waals surface area contributed by atoms with Gasteiger partial charge in [0.2, 0.25) is 0 Å². The van der Waals surface area contributed by atoms with E-state index in [0.717, 1.165) is 0 Å². The van der Waals surface area contributed by atoms with E-state index in [0.29, 0.717) is 10.9 Å². The maximum Gasteiger partial charge on any atom is 0.337 e. The molecule has 1 heterocycles. The normalized spacial score (nSPS) is 10.4. The van der Waals surface area contributed by atoms with Crippen LogP contribution in [0.4, 0.5) is 4.39 Å². The second-order valence-electron chi connectivity index (χ2n) is 2.87. The zero-order chi connectivity index (χ0) is 10.1. The van der Waals surface area contributed by atoms with Crippen molar-refractivity contribution in [3.05, 3.63) is 46.2 Å². The molecule has 0 saturated carbocycles. The second kappa shape index (κ2) is 3.06. The van der Waals surface area contributed by atoms with Crippen molar-refractivity contribution in [2.24, 2.45) is 0 Å². The molecule has 0 atom stereocenters. The molecule has 2 rings (SSSR count). The number of pyridine rings is 1. The average Bonchev–Trinajstić information content (AvgIpc) is 2.16. The van der Waals surface area contributed by atoms with Crippen molar-refractivity contribution in [2.45, 2.75) is 0 Å². The van der Waals surface area contributed by atoms with Crippen molar-refractivity contribution in [2.75, 3.05) is 0 Å². The van der Waals surface area contributed by atoms with E-state index >= 15 is 0 Å². The molecule has 0 spiro atoms. The number of H-pyrrole nitrogens is 1. The van der Waals surface area contributed by atoms with Gasteiger partial charge in [-0.1, -0.05) is 18.2 Å². The van der Waals surface area contributed by atoms with Crippen molar-refractivity contribution < 1.29 is 9.18 Å². The number of nitrogens with one attached hydrogen (secondary N) is 1. The summed E-state index contributed by atoms with van der Waals surface area (Å²) in [5, 5.41) is 0.633. The largest absolute Gasteiger partial charge is 0.337 e. The molecule has 0 bridgehead atoms. The number of carbonyl (C=O) groups is 1. The SMILES string of the molecule is O=C(F)c1cc2ccccc2[nH]c1=O. The molecular weight excluding hydrogens is 185 g/mol. The molecule has 1 aromatic carbocycles. The lowest BCUT2D eigenvalue weighted by molar-refractivity contribution is 0.0834. The number of hydrogen-bond donors (Lipinski definition) is 1. The Bertz CT molecular complexity index is 559. The van der Waals surface area contributed by atoms with E-state index in [2.05, 4.69) is 4.98 Å². The summed E-state index contributed by atoms with van der Waals surface area (Å²) in [5.74, 6) is 0. The van der Waals surface area contributed by atoms with Crippen molar-refractivity contribution in [1.29, 1.82) is 0 Å². The summed E-state index contributed by atoms with van der Waals surface area (Å²) in [4.78, 5) is 24.0. The number of carbonyl (C=O) groups excluding carboxylic acids is 1. The maximum absolute atomic E-state index is 12.4. The van der Waals surface area contributed by atoms with Crippen LogP contribution in [-0.4, -0.2) is 11.0 Å². The van der Waals surface area contributed by atoms with Gasteiger partial charge in [0.25, 0.3) is 5.56 Å². The number of benzene rings is 1. The van der Waals surface area contributed by atoms with Gasteiger partial charge in [-0.3, -0.25) is 9.59 Å². The third-order valence-corrected chi connectivity index (χ3v) is 1.97. The molecule has 3 nitrogen and oxygen atoms in total. The van der Waals surface area contributed by atoms with E-state index in [1.807, 2.05) is 0 Å². The summed E-state index contributed by atoms with van der Waals surface area (Å²) in [5.41, 5.74) is -0.567. The van der Waals surface area contributed by atoms with Crippen LogP contribution in [0.25, 0.3) is 10.9 Å². The quantitative estimate of drug-likeness (QED) is 0.696. The lowest BCUT2D eigenvalue weighted by atomic mass is 10.2. The van der Waals surface area contributed by atoms with Gasteiger partial charge in [-0.15, -0.1) is 0 Å². The smallest absolute Gasteiger partial charge is 0.321 e. The molecule has 0 aliphatic rings. The Balaban J connectivity index is 2.84. The first-order chi connectivity index (χ1) is 6.68. The number of halogens is 1. The third-order valence-electron chi connectivity index (χ3n) is 1.97. The predicted molar refractivity (Wildman–Crippen MR) is 50.0 cm³/mol. The van der Waals surface area contributed by atoms with E-state index in [1.54, 1.807) is 24.3 Å². The maximum atomic E-state index is 12.4. The first kappa shape index (κ1) is 8.62. The van der Waals surface area contributed by atoms with E-state index in [-0.39, 0.29) is 0 Å². The number of para-hydroxylation sites is 1. The average molecular weight is 191 g/mol. The number of rotatable bonds is 1. The van der Waals surface area contributed by atoms with Crippen LogP contribution < -0.4 is 5.56 Å². The Kier molecular flexibility index (Phi) is 1.89. The summed E-state index contributed by atoms with van der Waals surface area (Å²) in [6.07, 6.45) is 0. The number of aromatic amines is 1. The lowest BCUT2D eigenvalue weighted by Gasteiger charge is -1.97. The van der Waals surface area contributed by atoms with Crippen LogP contribution in [0.3, 0.4) is 0 Å². The predicted octanol–water partition coefficient (Wildman–Crippen LogP) is 1.64. The van der Waals surface area contributed by atoms with Gasteiger partial charge < -0.3 is 4.98 Å². The van der Waals surface area contributed by atoms with Crippen LogP contribution in [0.5, 0.6) is 0 Å². The molecular formula is C10H6FNO2. The zero-order valence-electron chi connectivity index (χ0n) is 7.08. The molecule has 2 aromatic rings. The van der Waals surface area contributed by atoms with Crippen LogP contribution in [0.2, 0.25) is 0 Å². The summed E-state index contributed by atoms with van der Waals surface area (Å²) < 4.78 is 12.4. The van der Waals surface area contributed by atoms with Crippen LogP contribution in [0, 0.1) is 0 Å². The highest BCUT2D eigenvalue weighted by molar-refractivity contribution is 5.92. The van der Waals surface area contributed by atoms with Gasteiger partial charge in [0, 0.05) is 5.52 Å². The second-order valence-corrected chi connectivity index (χ2v) is 2.87. The molecule has 4 heteroatoms. The van der Waals surface area contributed by atoms with E-state index in [9.17, 15) is 14.0 Å². The van der Waals surface area contributed by atoms with Crippen molar-refractivity contribution in [3.8, 4) is 0 Å². The highest BCUT2D eigenvalue weighted by Gasteiger charge is 2.09. The van der Waals surface area contributed by atoms with Crippen molar-refractivity contribution in [1.82, 2.24) is 4.98 Å². The topological polar surface area (TPSA) is 49.9 Å². The summed E-state index contributed by atoms with van der Waals surface area (Å²) in [7, 11) is 0. The minimum atomic E-state index is -1.71. The summed E-state index contributed by atoms with van der Waals surface area (Å²) in [6, 6.07) is 6.40. The Morgan fingerprint density at radius 2 is 2.00 bits per heavy atom. The Labute approximate surface area is 78.2 Å². The van der Waals surface area contributed by atoms with E-state index in [1.165, 1.54) is 6.07 Å². The first-order valence-electron chi connectivity index (χ1n) is 4.00. The summed E-state index contributed by atoms with van der Waals surface area (Å²) >= 11 is 0. The lowest BCUT2D eigenvalue weighted by Crippen LogP contribution is -2.14. The minimum Gasteiger partial charge on any atom is -0.321 e. The molecule has 0 amide bonds. The molecule has 0 aliphatic carbocycles. The van der Waals surface area contributed by atoms with Gasteiger partial charge in [-0.2, -0.15) is 4.39 Å². The summed E-state index contributed by atoms with van der Waals surface area (Å²) in [6.45, 7) is 0. The molecule has 0 aliphatic heterocycles. The molecule has 0 unspecified atom stereocenters. The molecule has 0 fully saturated rings. The highest BCUT2D eigenvalue weighted by atomic mass is 19.1. The Morgan fingerprint density at radius 1 is 1.29 bits per heavy atom. The number of aromatic nitrogens is 1. The Hall–Kier alpha value is -1.97. The van der Waals surface area contributed by atoms with E-state index in [4.69, 9.17) is 0 Å². The van der Waals surface area contributed by atoms with Gasteiger partial charge in [0.1, 0.15) is 5.56 Å². The molecule has 1 aromatic heterocycles. The molecule has 0 radical (unpaired) electrons. The van der Waals surface area contributed by atoms with Crippen LogP contribution in [-0.2, 0) is 0 Å². The zero-order valence-corrected chi connectivity index (χ0v) is 7.08. The van der Waals surface area contributed by atoms with Gasteiger partial charge in [-0.25, -0.2) is 0 Å². The van der Waals surface area contributed by atoms with Crippen LogP contribution in [0.1, 0.15) is 10.4 Å². The molecule has 14 heavy (non-hydrogen) atoms. The fourth-order valence-electron chi connectivity index (χ4n) is 1.29. The van der Waals surface area contributed by atoms with Crippen LogP contribution in [0.15, 0.2) is 35.1 Å². The number of hydrogen-bond acceptors (Lipinski definition) is 2. The van der Waals surface area contributed by atoms with Crippen molar-refractivity contribution in [3.63, 3.8) is 0 Å². The molecule has 70 valence electrons. The standard InChI is InChI=1S/C10H6FNO2/c11-9(13)7-5-6-3-1-2-4-8(6)12-10(7)14/h1-5H,(H,12,14).